The molecule has 3 heterocycles. The third kappa shape index (κ3) is 4.38. The Morgan fingerprint density at radius 3 is 2.56 bits per heavy atom. The topological polar surface area (TPSA) is 163 Å². The Labute approximate surface area is 156 Å². The van der Waals surface area contributed by atoms with E-state index < -0.39 is 40.3 Å². The summed E-state index contributed by atoms with van der Waals surface area (Å²) in [6.07, 6.45) is 2.28. The first-order valence-electron chi connectivity index (χ1n) is 8.76. The molecule has 4 N–H and O–H groups in total. The maximum atomic E-state index is 12.7. The number of rotatable bonds is 5. The molecule has 3 fully saturated rings. The first-order chi connectivity index (χ1) is 12.7. The molecule has 3 aliphatic heterocycles. The van der Waals surface area contributed by atoms with Gasteiger partial charge in [-0.1, -0.05) is 0 Å². The Bertz CT molecular complexity index is 723. The van der Waals surface area contributed by atoms with E-state index in [4.69, 9.17) is 10.4 Å². The lowest BCUT2D eigenvalue weighted by Crippen LogP contribution is -2.55. The van der Waals surface area contributed by atoms with Gasteiger partial charge in [-0.15, -0.1) is 4.28 Å². The molecule has 3 rings (SSSR count). The van der Waals surface area contributed by atoms with Gasteiger partial charge in [-0.25, -0.2) is 15.6 Å². The highest BCUT2D eigenvalue weighted by Crippen LogP contribution is 2.31. The van der Waals surface area contributed by atoms with E-state index in [0.29, 0.717) is 10.1 Å². The summed E-state index contributed by atoms with van der Waals surface area (Å²) in [5.41, 5.74) is 0. The number of carbonyl (C=O) groups is 3. The SMILES string of the molecule is NN(C(=O)CC1CCNCC1)C(=O)[C@@H]1CC[C@@H]2CN1C(=O)N2OS(=O)(=O)O. The normalized spacial score (nSPS) is 26.4. The number of piperidine rings is 2. The van der Waals surface area contributed by atoms with Crippen LogP contribution in [0.5, 0.6) is 0 Å². The van der Waals surface area contributed by atoms with Gasteiger partial charge in [0.2, 0.25) is 5.91 Å². The molecule has 152 valence electrons. The second-order valence-corrected chi connectivity index (χ2v) is 8.01. The second kappa shape index (κ2) is 7.67. The molecule has 3 aliphatic rings. The van der Waals surface area contributed by atoms with E-state index in [1.807, 2.05) is 0 Å². The highest BCUT2D eigenvalue weighted by atomic mass is 32.3. The molecule has 0 aliphatic carbocycles. The molecule has 2 atom stereocenters. The van der Waals surface area contributed by atoms with Gasteiger partial charge in [0, 0.05) is 13.0 Å². The van der Waals surface area contributed by atoms with E-state index in [-0.39, 0.29) is 31.7 Å². The van der Waals surface area contributed by atoms with Crippen molar-refractivity contribution < 1.29 is 31.6 Å². The molecule has 0 saturated carbocycles. The van der Waals surface area contributed by atoms with E-state index >= 15 is 0 Å². The zero-order valence-corrected chi connectivity index (χ0v) is 15.4. The lowest BCUT2D eigenvalue weighted by molar-refractivity contribution is -0.149. The van der Waals surface area contributed by atoms with Crippen LogP contribution >= 0.6 is 0 Å². The van der Waals surface area contributed by atoms with E-state index in [2.05, 4.69) is 9.60 Å². The number of imide groups is 1. The highest BCUT2D eigenvalue weighted by molar-refractivity contribution is 7.80. The summed E-state index contributed by atoms with van der Waals surface area (Å²) in [5, 5.41) is 4.29. The number of urea groups is 1. The molecule has 12 nitrogen and oxygen atoms in total. The number of carbonyl (C=O) groups excluding carboxylic acids is 3. The van der Waals surface area contributed by atoms with Crippen LogP contribution in [0, 0.1) is 5.92 Å². The van der Waals surface area contributed by atoms with Crippen molar-refractivity contribution in [2.24, 2.45) is 11.8 Å². The number of amides is 4. The van der Waals surface area contributed by atoms with Crippen molar-refractivity contribution in [3.05, 3.63) is 0 Å². The molecular formula is C14H23N5O7S. The molecule has 0 aromatic rings. The minimum absolute atomic E-state index is 0.0427. The van der Waals surface area contributed by atoms with Crippen LogP contribution < -0.4 is 11.2 Å². The molecule has 0 spiro atoms. The molecular weight excluding hydrogens is 382 g/mol. The van der Waals surface area contributed by atoms with Crippen LogP contribution in [0.4, 0.5) is 4.79 Å². The maximum absolute atomic E-state index is 12.7. The molecule has 3 saturated heterocycles. The maximum Gasteiger partial charge on any atom is 0.418 e. The first-order valence-corrected chi connectivity index (χ1v) is 10.1. The summed E-state index contributed by atoms with van der Waals surface area (Å²) in [5.74, 6) is 4.65. The van der Waals surface area contributed by atoms with Crippen LogP contribution in [0.3, 0.4) is 0 Å². The van der Waals surface area contributed by atoms with E-state index in [1.165, 1.54) is 0 Å². The molecule has 0 radical (unpaired) electrons. The minimum Gasteiger partial charge on any atom is -0.317 e. The van der Waals surface area contributed by atoms with Crippen LogP contribution in [0.15, 0.2) is 0 Å². The van der Waals surface area contributed by atoms with Gasteiger partial charge in [0.15, 0.2) is 0 Å². The van der Waals surface area contributed by atoms with Gasteiger partial charge in [-0.2, -0.15) is 13.5 Å². The third-order valence-electron chi connectivity index (χ3n) is 5.21. The molecule has 0 unspecified atom stereocenters. The zero-order valence-electron chi connectivity index (χ0n) is 14.6. The number of hydrogen-bond donors (Lipinski definition) is 3. The Kier molecular flexibility index (Phi) is 5.67. The molecule has 4 amide bonds. The number of hydroxylamine groups is 2. The van der Waals surface area contributed by atoms with Crippen LogP contribution in [0.1, 0.15) is 32.1 Å². The largest absolute Gasteiger partial charge is 0.418 e. The lowest BCUT2D eigenvalue weighted by atomic mass is 9.94. The molecule has 13 heteroatoms. The van der Waals surface area contributed by atoms with Gasteiger partial charge >= 0.3 is 16.4 Å². The van der Waals surface area contributed by atoms with Gasteiger partial charge < -0.3 is 10.2 Å². The Hall–Kier alpha value is -1.80. The van der Waals surface area contributed by atoms with E-state index in [9.17, 15) is 22.8 Å². The summed E-state index contributed by atoms with van der Waals surface area (Å²) in [6.45, 7) is 1.67. The fourth-order valence-corrected chi connectivity index (χ4v) is 4.19. The summed E-state index contributed by atoms with van der Waals surface area (Å²) in [7, 11) is -4.86. The van der Waals surface area contributed by atoms with Crippen molar-refractivity contribution in [3.63, 3.8) is 0 Å². The summed E-state index contributed by atoms with van der Waals surface area (Å²) < 4.78 is 34.9. The van der Waals surface area contributed by atoms with Gasteiger partial charge in [-0.3, -0.25) is 14.1 Å². The zero-order chi connectivity index (χ0) is 19.8. The Morgan fingerprint density at radius 1 is 1.26 bits per heavy atom. The van der Waals surface area contributed by atoms with Crippen molar-refractivity contribution in [1.82, 2.24) is 20.3 Å². The van der Waals surface area contributed by atoms with Gasteiger partial charge in [0.05, 0.1) is 6.04 Å². The number of nitrogens with zero attached hydrogens (tertiary/aromatic N) is 3. The van der Waals surface area contributed by atoms with Crippen LogP contribution in [0.25, 0.3) is 0 Å². The van der Waals surface area contributed by atoms with Crippen molar-refractivity contribution >= 4 is 28.2 Å². The van der Waals surface area contributed by atoms with Crippen molar-refractivity contribution in [2.75, 3.05) is 19.6 Å². The summed E-state index contributed by atoms with van der Waals surface area (Å²) >= 11 is 0. The van der Waals surface area contributed by atoms with Crippen LogP contribution in [-0.4, -0.2) is 77.5 Å². The minimum atomic E-state index is -4.86. The molecule has 2 bridgehead atoms. The molecule has 0 aromatic carbocycles. The van der Waals surface area contributed by atoms with Gasteiger partial charge in [0.1, 0.15) is 6.04 Å². The Balaban J connectivity index is 1.63. The number of nitrogens with two attached hydrogens (primary N) is 1. The average Bonchev–Trinajstić information content (AvgIpc) is 2.85. The average molecular weight is 405 g/mol. The fraction of sp³-hybridized carbons (Fsp3) is 0.786. The van der Waals surface area contributed by atoms with Crippen molar-refractivity contribution in [1.29, 1.82) is 0 Å². The number of hydrogen-bond acceptors (Lipinski definition) is 8. The Morgan fingerprint density at radius 2 is 1.93 bits per heavy atom. The lowest BCUT2D eigenvalue weighted by Gasteiger charge is -2.32. The monoisotopic (exact) mass is 405 g/mol. The van der Waals surface area contributed by atoms with Gasteiger partial charge in [-0.05, 0) is 44.7 Å². The quantitative estimate of drug-likeness (QED) is 0.216. The van der Waals surface area contributed by atoms with Crippen LogP contribution in [0.2, 0.25) is 0 Å². The predicted molar refractivity (Wildman–Crippen MR) is 89.6 cm³/mol. The summed E-state index contributed by atoms with van der Waals surface area (Å²) in [6, 6.07) is -2.46. The third-order valence-corrected chi connectivity index (χ3v) is 5.56. The fourth-order valence-electron chi connectivity index (χ4n) is 3.80. The molecule has 27 heavy (non-hydrogen) atoms. The first kappa shape index (κ1) is 19.9. The number of nitrogens with one attached hydrogen (secondary N) is 1. The summed E-state index contributed by atoms with van der Waals surface area (Å²) in [4.78, 5) is 38.4. The van der Waals surface area contributed by atoms with E-state index in [1.54, 1.807) is 0 Å². The standard InChI is InChI=1S/C14H23N5O7S/c15-18(12(20)7-9-3-5-16-6-4-9)13(21)11-2-1-10-8-17(11)14(22)19(10)26-27(23,24)25/h9-11,16H,1-8,15H2,(H,23,24,25)/t10-,11+/m1/s1. The van der Waals surface area contributed by atoms with E-state index in [0.717, 1.165) is 30.8 Å². The van der Waals surface area contributed by atoms with Crippen molar-refractivity contribution in [3.8, 4) is 0 Å². The van der Waals surface area contributed by atoms with Crippen molar-refractivity contribution in [2.45, 2.75) is 44.2 Å². The number of hydrazine groups is 1. The second-order valence-electron chi connectivity index (χ2n) is 7.01. The van der Waals surface area contributed by atoms with Gasteiger partial charge in [0.25, 0.3) is 5.91 Å². The smallest absolute Gasteiger partial charge is 0.317 e. The predicted octanol–water partition coefficient (Wildman–Crippen LogP) is -1.39. The highest BCUT2D eigenvalue weighted by Gasteiger charge is 2.50. The van der Waals surface area contributed by atoms with Crippen LogP contribution in [-0.2, 0) is 24.3 Å². The number of fused-ring (bicyclic) bond motifs is 2. The molecule has 0 aromatic heterocycles.